The Morgan fingerprint density at radius 2 is 2.40 bits per heavy atom. The van der Waals surface area contributed by atoms with E-state index in [-0.39, 0.29) is 5.92 Å². The highest BCUT2D eigenvalue weighted by Gasteiger charge is 2.26. The standard InChI is InChI=1S/C9H18N4O2/c1-7-6-13(9(10)14)11-8(7)15-5-4-12(2)3/h7H,4-6H2,1-3H3,(H2,10,14). The minimum atomic E-state index is -0.534. The van der Waals surface area contributed by atoms with Crippen LogP contribution in [0.25, 0.3) is 0 Å². The van der Waals surface area contributed by atoms with Gasteiger partial charge >= 0.3 is 6.03 Å². The Morgan fingerprint density at radius 1 is 1.73 bits per heavy atom. The third-order valence-corrected chi connectivity index (χ3v) is 2.13. The smallest absolute Gasteiger partial charge is 0.335 e. The molecular formula is C9H18N4O2. The van der Waals surface area contributed by atoms with E-state index in [1.54, 1.807) is 0 Å². The Morgan fingerprint density at radius 3 is 2.87 bits per heavy atom. The number of ether oxygens (including phenoxy) is 1. The molecule has 86 valence electrons. The van der Waals surface area contributed by atoms with Crippen molar-refractivity contribution in [1.82, 2.24) is 9.91 Å². The maximum absolute atomic E-state index is 10.9. The predicted octanol–water partition coefficient (Wildman–Crippen LogP) is -0.0915. The van der Waals surface area contributed by atoms with Crippen LogP contribution >= 0.6 is 0 Å². The van der Waals surface area contributed by atoms with Gasteiger partial charge < -0.3 is 15.4 Å². The minimum Gasteiger partial charge on any atom is -0.478 e. The summed E-state index contributed by atoms with van der Waals surface area (Å²) in [6.45, 7) is 3.86. The van der Waals surface area contributed by atoms with E-state index in [9.17, 15) is 4.79 Å². The van der Waals surface area contributed by atoms with E-state index in [0.29, 0.717) is 19.0 Å². The van der Waals surface area contributed by atoms with E-state index in [0.717, 1.165) is 6.54 Å². The molecule has 1 heterocycles. The summed E-state index contributed by atoms with van der Waals surface area (Å²) in [5, 5.41) is 5.23. The SMILES string of the molecule is CC1CN(C(N)=O)N=C1OCCN(C)C. The second-order valence-electron chi connectivity index (χ2n) is 3.91. The number of rotatable bonds is 3. The van der Waals surface area contributed by atoms with Crippen LogP contribution in [0.4, 0.5) is 4.79 Å². The van der Waals surface area contributed by atoms with Crippen molar-refractivity contribution in [2.75, 3.05) is 33.8 Å². The highest BCUT2D eigenvalue weighted by molar-refractivity contribution is 5.84. The lowest BCUT2D eigenvalue weighted by atomic mass is 10.2. The number of primary amides is 1. The summed E-state index contributed by atoms with van der Waals surface area (Å²) < 4.78 is 5.47. The van der Waals surface area contributed by atoms with Gasteiger partial charge in [-0.2, -0.15) is 0 Å². The van der Waals surface area contributed by atoms with Crippen LogP contribution in [0.1, 0.15) is 6.92 Å². The van der Waals surface area contributed by atoms with Crippen LogP contribution in [0.5, 0.6) is 0 Å². The number of urea groups is 1. The molecule has 0 saturated carbocycles. The van der Waals surface area contributed by atoms with Crippen LogP contribution in [0, 0.1) is 5.92 Å². The molecule has 0 spiro atoms. The summed E-state index contributed by atoms with van der Waals surface area (Å²) >= 11 is 0. The summed E-state index contributed by atoms with van der Waals surface area (Å²) in [4.78, 5) is 12.9. The molecule has 1 aliphatic rings. The second-order valence-corrected chi connectivity index (χ2v) is 3.91. The fourth-order valence-electron chi connectivity index (χ4n) is 1.24. The van der Waals surface area contributed by atoms with E-state index < -0.39 is 6.03 Å². The molecule has 0 aromatic heterocycles. The molecule has 1 unspecified atom stereocenters. The number of hydrogen-bond acceptors (Lipinski definition) is 4. The van der Waals surface area contributed by atoms with Gasteiger partial charge in [-0.25, -0.2) is 9.80 Å². The number of carbonyl (C=O) groups excluding carboxylic acids is 1. The normalized spacial score (nSPS) is 20.7. The van der Waals surface area contributed by atoms with Crippen LogP contribution in [0.2, 0.25) is 0 Å². The number of carbonyl (C=O) groups is 1. The molecule has 1 aliphatic heterocycles. The molecule has 6 heteroatoms. The highest BCUT2D eigenvalue weighted by atomic mass is 16.5. The first-order valence-corrected chi connectivity index (χ1v) is 4.93. The molecule has 15 heavy (non-hydrogen) atoms. The molecule has 2 amide bonds. The number of hydrogen-bond donors (Lipinski definition) is 1. The molecule has 2 N–H and O–H groups in total. The molecule has 0 fully saturated rings. The van der Waals surface area contributed by atoms with E-state index in [1.165, 1.54) is 5.01 Å². The van der Waals surface area contributed by atoms with Gasteiger partial charge in [0.1, 0.15) is 6.61 Å². The summed E-state index contributed by atoms with van der Waals surface area (Å²) in [6, 6.07) is -0.534. The quantitative estimate of drug-likeness (QED) is 0.713. The van der Waals surface area contributed by atoms with Crippen LogP contribution in [0.3, 0.4) is 0 Å². The van der Waals surface area contributed by atoms with Crippen molar-refractivity contribution in [3.8, 4) is 0 Å². The van der Waals surface area contributed by atoms with E-state index in [2.05, 4.69) is 5.10 Å². The first kappa shape index (κ1) is 11.8. The van der Waals surface area contributed by atoms with E-state index in [4.69, 9.17) is 10.5 Å². The van der Waals surface area contributed by atoms with Gasteiger partial charge in [-0.3, -0.25) is 0 Å². The zero-order chi connectivity index (χ0) is 11.4. The average Bonchev–Trinajstić information content (AvgIpc) is 2.47. The van der Waals surface area contributed by atoms with Gasteiger partial charge in [-0.05, 0) is 14.1 Å². The lowest BCUT2D eigenvalue weighted by Gasteiger charge is -2.11. The van der Waals surface area contributed by atoms with Crippen LogP contribution in [-0.4, -0.2) is 55.6 Å². The van der Waals surface area contributed by atoms with Gasteiger partial charge in [-0.1, -0.05) is 6.92 Å². The molecule has 0 aromatic rings. The highest BCUT2D eigenvalue weighted by Crippen LogP contribution is 2.13. The van der Waals surface area contributed by atoms with Crippen molar-refractivity contribution in [2.45, 2.75) is 6.92 Å². The summed E-state index contributed by atoms with van der Waals surface area (Å²) in [7, 11) is 3.94. The molecule has 1 rings (SSSR count). The largest absolute Gasteiger partial charge is 0.478 e. The van der Waals surface area contributed by atoms with Crippen molar-refractivity contribution in [1.29, 1.82) is 0 Å². The van der Waals surface area contributed by atoms with Gasteiger partial charge in [-0.15, -0.1) is 5.10 Å². The Bertz CT molecular complexity index is 265. The second kappa shape index (κ2) is 4.97. The fraction of sp³-hybridized carbons (Fsp3) is 0.778. The van der Waals surface area contributed by atoms with Crippen molar-refractivity contribution < 1.29 is 9.53 Å². The van der Waals surface area contributed by atoms with Gasteiger partial charge in [0.2, 0.25) is 5.90 Å². The average molecular weight is 214 g/mol. The first-order chi connectivity index (χ1) is 7.00. The van der Waals surface area contributed by atoms with E-state index >= 15 is 0 Å². The number of nitrogens with two attached hydrogens (primary N) is 1. The zero-order valence-electron chi connectivity index (χ0n) is 9.43. The summed E-state index contributed by atoms with van der Waals surface area (Å²) in [5.41, 5.74) is 5.12. The third-order valence-electron chi connectivity index (χ3n) is 2.13. The Kier molecular flexibility index (Phi) is 3.90. The number of likely N-dealkylation sites (N-methyl/N-ethyl adjacent to an activating group) is 1. The lowest BCUT2D eigenvalue weighted by molar-refractivity contribution is 0.212. The van der Waals surface area contributed by atoms with Crippen molar-refractivity contribution in [2.24, 2.45) is 16.8 Å². The van der Waals surface area contributed by atoms with Gasteiger partial charge in [0.25, 0.3) is 0 Å². The Labute approximate surface area is 89.7 Å². The van der Waals surface area contributed by atoms with E-state index in [1.807, 2.05) is 25.9 Å². The molecule has 0 radical (unpaired) electrons. The van der Waals surface area contributed by atoms with Crippen LogP contribution in [0.15, 0.2) is 5.10 Å². The topological polar surface area (TPSA) is 71.2 Å². The lowest BCUT2D eigenvalue weighted by Crippen LogP contribution is -2.30. The molecular weight excluding hydrogens is 196 g/mol. The van der Waals surface area contributed by atoms with Crippen molar-refractivity contribution in [3.63, 3.8) is 0 Å². The summed E-state index contributed by atoms with van der Waals surface area (Å²) in [6.07, 6.45) is 0. The zero-order valence-corrected chi connectivity index (χ0v) is 9.43. The fourth-order valence-corrected chi connectivity index (χ4v) is 1.24. The predicted molar refractivity (Wildman–Crippen MR) is 57.4 cm³/mol. The molecule has 6 nitrogen and oxygen atoms in total. The molecule has 0 aromatic carbocycles. The van der Waals surface area contributed by atoms with Crippen molar-refractivity contribution in [3.05, 3.63) is 0 Å². The minimum absolute atomic E-state index is 0.125. The van der Waals surface area contributed by atoms with Crippen LogP contribution in [-0.2, 0) is 4.74 Å². The monoisotopic (exact) mass is 214 g/mol. The van der Waals surface area contributed by atoms with Gasteiger partial charge in [0.05, 0.1) is 12.5 Å². The van der Waals surface area contributed by atoms with Crippen LogP contribution < -0.4 is 5.73 Å². The molecule has 1 atom stereocenters. The third kappa shape index (κ3) is 3.39. The molecule has 0 saturated heterocycles. The summed E-state index contributed by atoms with van der Waals surface area (Å²) in [5.74, 6) is 0.718. The maximum atomic E-state index is 10.9. The van der Waals surface area contributed by atoms with Crippen molar-refractivity contribution >= 4 is 11.9 Å². The maximum Gasteiger partial charge on any atom is 0.335 e. The molecule has 0 bridgehead atoms. The first-order valence-electron chi connectivity index (χ1n) is 4.93. The number of amides is 2. The Hall–Kier alpha value is -1.30. The van der Waals surface area contributed by atoms with Gasteiger partial charge in [0.15, 0.2) is 0 Å². The number of hydrazone groups is 1. The number of nitrogens with zero attached hydrogens (tertiary/aromatic N) is 3. The Balaban J connectivity index is 2.40. The van der Waals surface area contributed by atoms with Gasteiger partial charge in [0, 0.05) is 6.54 Å². The molecule has 0 aliphatic carbocycles.